The van der Waals surface area contributed by atoms with Gasteiger partial charge in [-0.25, -0.2) is 0 Å². The Morgan fingerprint density at radius 1 is 0.975 bits per heavy atom. The van der Waals surface area contributed by atoms with Crippen molar-refractivity contribution in [1.82, 2.24) is 14.9 Å². The number of hydrogen-bond donors (Lipinski definition) is 1. The number of benzene rings is 3. The number of hydrogen-bond acceptors (Lipinski definition) is 7. The van der Waals surface area contributed by atoms with E-state index in [0.717, 1.165) is 76.5 Å². The highest BCUT2D eigenvalue weighted by Crippen LogP contribution is 2.41. The number of rotatable bonds is 5. The highest BCUT2D eigenvalue weighted by atomic mass is 32.2. The van der Waals surface area contributed by atoms with E-state index in [0.29, 0.717) is 30.7 Å². The summed E-state index contributed by atoms with van der Waals surface area (Å²) in [6.45, 7) is 5.53. The maximum Gasteiger partial charge on any atom is 0.319 e. The summed E-state index contributed by atoms with van der Waals surface area (Å²) in [6, 6.07) is 16.1. The molecule has 0 radical (unpaired) electrons. The highest BCUT2D eigenvalue weighted by molar-refractivity contribution is 7.99. The van der Waals surface area contributed by atoms with Crippen LogP contribution < -0.4 is 9.64 Å². The highest BCUT2D eigenvalue weighted by Gasteiger charge is 2.45. The second-order valence-electron chi connectivity index (χ2n) is 11.3. The number of fused-ring (bicyclic) bond motifs is 3. The quantitative estimate of drug-likeness (QED) is 0.327. The van der Waals surface area contributed by atoms with Crippen LogP contribution in [0.1, 0.15) is 37.7 Å². The number of carbonyl (C=O) groups excluding carboxylic acids is 1. The van der Waals surface area contributed by atoms with Gasteiger partial charge in [-0.1, -0.05) is 30.3 Å². The summed E-state index contributed by atoms with van der Waals surface area (Å²) in [7, 11) is 0. The Kier molecular flexibility index (Phi) is 6.55. The molecule has 0 spiro atoms. The molecule has 3 fully saturated rings. The first-order chi connectivity index (χ1) is 19.5. The second-order valence-corrected chi connectivity index (χ2v) is 12.4. The Balaban J connectivity index is 1.37. The molecule has 3 saturated heterocycles. The molecular formula is C32H34N4O3S. The van der Waals surface area contributed by atoms with Gasteiger partial charge >= 0.3 is 6.01 Å². The Morgan fingerprint density at radius 3 is 2.65 bits per heavy atom. The number of aryl methyl sites for hydroxylation is 1. The number of phenols is 1. The number of aromatic hydroxyl groups is 1. The minimum Gasteiger partial charge on any atom is -0.508 e. The van der Waals surface area contributed by atoms with Gasteiger partial charge in [-0.05, 0) is 104 Å². The van der Waals surface area contributed by atoms with E-state index in [2.05, 4.69) is 24.0 Å². The first-order valence-electron chi connectivity index (χ1n) is 14.3. The number of thioether (sulfide) groups is 1. The molecule has 3 aromatic carbocycles. The van der Waals surface area contributed by atoms with Gasteiger partial charge in [0.25, 0.3) is 0 Å². The average molecular weight is 555 g/mol. The summed E-state index contributed by atoms with van der Waals surface area (Å²) >= 11 is 1.68. The number of anilines is 1. The van der Waals surface area contributed by atoms with E-state index in [1.165, 1.54) is 12.8 Å². The topological polar surface area (TPSA) is 78.8 Å². The first-order valence-corrected chi connectivity index (χ1v) is 15.5. The molecule has 40 heavy (non-hydrogen) atoms. The third-order valence-electron chi connectivity index (χ3n) is 8.95. The largest absolute Gasteiger partial charge is 0.508 e. The molecule has 7 nitrogen and oxygen atoms in total. The van der Waals surface area contributed by atoms with Crippen molar-refractivity contribution < 1.29 is 14.6 Å². The minimum atomic E-state index is 0.0743. The van der Waals surface area contributed by atoms with Crippen LogP contribution in [0.25, 0.3) is 32.8 Å². The molecule has 0 saturated carbocycles. The summed E-state index contributed by atoms with van der Waals surface area (Å²) in [5, 5.41) is 13.4. The summed E-state index contributed by atoms with van der Waals surface area (Å²) in [5.41, 5.74) is 3.77. The number of amides is 1. The van der Waals surface area contributed by atoms with Crippen molar-refractivity contribution in [2.75, 3.05) is 42.6 Å². The van der Waals surface area contributed by atoms with Gasteiger partial charge in [-0.15, -0.1) is 0 Å². The number of aromatic nitrogens is 2. The van der Waals surface area contributed by atoms with Crippen LogP contribution >= 0.6 is 11.8 Å². The minimum absolute atomic E-state index is 0.0743. The lowest BCUT2D eigenvalue weighted by molar-refractivity contribution is -0.116. The van der Waals surface area contributed by atoms with Gasteiger partial charge in [-0.3, -0.25) is 14.6 Å². The smallest absolute Gasteiger partial charge is 0.319 e. The molecule has 206 valence electrons. The lowest BCUT2D eigenvalue weighted by Gasteiger charge is -2.31. The van der Waals surface area contributed by atoms with Crippen LogP contribution in [-0.4, -0.2) is 69.2 Å². The molecule has 0 unspecified atom stereocenters. The number of carbonyl (C=O) groups is 1. The van der Waals surface area contributed by atoms with E-state index >= 15 is 0 Å². The lowest BCUT2D eigenvalue weighted by atomic mass is 9.93. The van der Waals surface area contributed by atoms with E-state index in [1.54, 1.807) is 17.8 Å². The lowest BCUT2D eigenvalue weighted by Crippen LogP contribution is -2.43. The van der Waals surface area contributed by atoms with Gasteiger partial charge in [0.15, 0.2) is 0 Å². The van der Waals surface area contributed by atoms with E-state index in [-0.39, 0.29) is 17.2 Å². The molecule has 4 heterocycles. The molecular weight excluding hydrogens is 520 g/mol. The van der Waals surface area contributed by atoms with Crippen LogP contribution in [0.15, 0.2) is 48.5 Å². The molecule has 1 amide bonds. The number of nitrogens with zero attached hydrogens (tertiary/aromatic N) is 4. The molecule has 0 bridgehead atoms. The van der Waals surface area contributed by atoms with Crippen molar-refractivity contribution in [3.8, 4) is 22.9 Å². The van der Waals surface area contributed by atoms with Crippen molar-refractivity contribution >= 4 is 45.2 Å². The van der Waals surface area contributed by atoms with E-state index < -0.39 is 0 Å². The first kappa shape index (κ1) is 25.6. The molecule has 7 rings (SSSR count). The maximum absolute atomic E-state index is 13.2. The van der Waals surface area contributed by atoms with Crippen molar-refractivity contribution in [1.29, 1.82) is 0 Å². The predicted octanol–water partition coefficient (Wildman–Crippen LogP) is 5.94. The third-order valence-corrected chi connectivity index (χ3v) is 9.98. The van der Waals surface area contributed by atoms with Crippen LogP contribution in [0.2, 0.25) is 0 Å². The van der Waals surface area contributed by atoms with E-state index in [9.17, 15) is 9.90 Å². The van der Waals surface area contributed by atoms with Crippen molar-refractivity contribution in [3.05, 3.63) is 54.1 Å². The number of ether oxygens (including phenoxy) is 1. The molecule has 0 atom stereocenters. The van der Waals surface area contributed by atoms with Crippen molar-refractivity contribution in [3.63, 3.8) is 0 Å². The van der Waals surface area contributed by atoms with Crippen LogP contribution in [0.3, 0.4) is 0 Å². The molecule has 1 aromatic heterocycles. The van der Waals surface area contributed by atoms with Crippen LogP contribution in [-0.2, 0) is 4.79 Å². The van der Waals surface area contributed by atoms with Crippen molar-refractivity contribution in [2.24, 2.45) is 0 Å². The zero-order valence-electron chi connectivity index (χ0n) is 22.9. The number of phenolic OH excluding ortho intramolecular Hbond substituents is 1. The van der Waals surface area contributed by atoms with Crippen LogP contribution in [0.4, 0.5) is 5.82 Å². The van der Waals surface area contributed by atoms with Gasteiger partial charge in [-0.2, -0.15) is 21.7 Å². The van der Waals surface area contributed by atoms with Gasteiger partial charge < -0.3 is 9.84 Å². The summed E-state index contributed by atoms with van der Waals surface area (Å²) in [6.07, 6.45) is 5.61. The standard InChI is InChI=1S/C32H34N4O3S/c1-21-24(27-18-23(37)17-22-7-2-3-8-25(22)27)9-10-26-29(21)33-31(34-30(26)36-15-6-16-40-19-28(36)38)39-20-32-11-4-13-35(32)14-5-12-32/h2-3,7-10,17-18,37H,4-6,11-16,19-20H2,1H3. The van der Waals surface area contributed by atoms with Crippen LogP contribution in [0, 0.1) is 6.92 Å². The average Bonchev–Trinajstić information content (AvgIpc) is 3.47. The molecule has 8 heteroatoms. The molecule has 4 aromatic rings. The summed E-state index contributed by atoms with van der Waals surface area (Å²) < 4.78 is 6.44. The Hall–Kier alpha value is -3.36. The SMILES string of the molecule is Cc1c(-c2cc(O)cc3ccccc23)ccc2c(N3CCCSCC3=O)nc(OCC34CCCN3CCC4)nc12. The zero-order chi connectivity index (χ0) is 27.3. The molecule has 3 aliphatic heterocycles. The van der Waals surface area contributed by atoms with E-state index in [4.69, 9.17) is 14.7 Å². The monoisotopic (exact) mass is 554 g/mol. The van der Waals surface area contributed by atoms with Gasteiger partial charge in [0.05, 0.1) is 16.8 Å². The molecule has 0 aliphatic carbocycles. The van der Waals surface area contributed by atoms with Gasteiger partial charge in [0.1, 0.15) is 18.2 Å². The Labute approximate surface area is 238 Å². The van der Waals surface area contributed by atoms with Crippen molar-refractivity contribution in [2.45, 2.75) is 44.6 Å². The van der Waals surface area contributed by atoms with E-state index in [1.807, 2.05) is 35.2 Å². The maximum atomic E-state index is 13.2. The summed E-state index contributed by atoms with van der Waals surface area (Å²) in [4.78, 5) is 27.5. The van der Waals surface area contributed by atoms with Crippen LogP contribution in [0.5, 0.6) is 11.8 Å². The van der Waals surface area contributed by atoms with Gasteiger partial charge in [0.2, 0.25) is 5.91 Å². The second kappa shape index (κ2) is 10.2. The fourth-order valence-corrected chi connectivity index (χ4v) is 7.75. The van der Waals surface area contributed by atoms with Gasteiger partial charge in [0, 0.05) is 11.9 Å². The predicted molar refractivity (Wildman–Crippen MR) is 161 cm³/mol. The fourth-order valence-electron chi connectivity index (χ4n) is 6.95. The zero-order valence-corrected chi connectivity index (χ0v) is 23.7. The fraction of sp³-hybridized carbons (Fsp3) is 0.406. The molecule has 1 N–H and O–H groups in total. The Morgan fingerprint density at radius 2 is 1.80 bits per heavy atom. The molecule has 3 aliphatic rings. The third kappa shape index (κ3) is 4.38. The summed E-state index contributed by atoms with van der Waals surface area (Å²) in [5.74, 6) is 2.35. The normalized spacial score (nSPS) is 19.3. The Bertz CT molecular complexity index is 1610.